The van der Waals surface area contributed by atoms with Gasteiger partial charge in [0.1, 0.15) is 11.5 Å². The molecule has 1 fully saturated rings. The quantitative estimate of drug-likeness (QED) is 0.856. The number of H-pyrrole nitrogens is 1. The van der Waals surface area contributed by atoms with Gasteiger partial charge >= 0.3 is 5.69 Å². The van der Waals surface area contributed by atoms with E-state index in [1.807, 2.05) is 11.8 Å². The second kappa shape index (κ2) is 6.42. The van der Waals surface area contributed by atoms with Gasteiger partial charge in [-0.15, -0.1) is 0 Å². The molecule has 2 aliphatic rings. The molecule has 1 N–H and O–H groups in total. The van der Waals surface area contributed by atoms with Gasteiger partial charge in [0.25, 0.3) is 5.91 Å². The van der Waals surface area contributed by atoms with Crippen molar-refractivity contribution in [1.29, 1.82) is 0 Å². The molecule has 0 atom stereocenters. The van der Waals surface area contributed by atoms with Crippen LogP contribution in [0.1, 0.15) is 46.5 Å². The zero-order valence-corrected chi connectivity index (χ0v) is 15.7. The Hall–Kier alpha value is -2.35. The molecule has 26 heavy (non-hydrogen) atoms. The Morgan fingerprint density at radius 1 is 1.19 bits per heavy atom. The topological polar surface area (TPSA) is 79.2 Å². The summed E-state index contributed by atoms with van der Waals surface area (Å²) in [5.74, 6) is 1.38. The van der Waals surface area contributed by atoms with E-state index in [1.165, 1.54) is 4.57 Å². The van der Waals surface area contributed by atoms with Crippen LogP contribution in [-0.4, -0.2) is 61.5 Å². The molecule has 4 heterocycles. The molecular weight excluding hydrogens is 332 g/mol. The van der Waals surface area contributed by atoms with E-state index in [1.54, 1.807) is 13.2 Å². The molecule has 140 valence electrons. The Morgan fingerprint density at radius 3 is 2.58 bits per heavy atom. The van der Waals surface area contributed by atoms with Gasteiger partial charge in [0.15, 0.2) is 0 Å². The predicted octanol–water partition coefficient (Wildman–Crippen LogP) is 0.684. The molecule has 2 aromatic rings. The van der Waals surface area contributed by atoms with E-state index in [9.17, 15) is 9.59 Å². The van der Waals surface area contributed by atoms with Crippen LogP contribution >= 0.6 is 0 Å². The number of likely N-dealkylation sites (tertiary alicyclic amines) is 1. The summed E-state index contributed by atoms with van der Waals surface area (Å²) in [5, 5.41) is 0. The van der Waals surface area contributed by atoms with Gasteiger partial charge in [0.2, 0.25) is 0 Å². The second-order valence-electron chi connectivity index (χ2n) is 7.53. The molecule has 0 unspecified atom stereocenters. The number of nitrogens with zero attached hydrogens (tertiary/aromatic N) is 5. The van der Waals surface area contributed by atoms with Crippen LogP contribution in [-0.2, 0) is 20.1 Å². The van der Waals surface area contributed by atoms with Gasteiger partial charge in [-0.1, -0.05) is 0 Å². The summed E-state index contributed by atoms with van der Waals surface area (Å²) >= 11 is 0. The van der Waals surface area contributed by atoms with E-state index < -0.39 is 0 Å². The molecule has 8 heteroatoms. The highest BCUT2D eigenvalue weighted by Crippen LogP contribution is 2.32. The van der Waals surface area contributed by atoms with E-state index in [2.05, 4.69) is 21.5 Å². The molecule has 4 rings (SSSR count). The maximum atomic E-state index is 12.8. The number of rotatable bonds is 2. The third kappa shape index (κ3) is 2.88. The van der Waals surface area contributed by atoms with Crippen molar-refractivity contribution in [3.8, 4) is 0 Å². The lowest BCUT2D eigenvalue weighted by molar-refractivity contribution is 0.0703. The Balaban J connectivity index is 1.59. The normalized spacial score (nSPS) is 19.0. The van der Waals surface area contributed by atoms with E-state index in [0.29, 0.717) is 24.7 Å². The van der Waals surface area contributed by atoms with Crippen molar-refractivity contribution in [3.63, 3.8) is 0 Å². The van der Waals surface area contributed by atoms with Crippen molar-refractivity contribution < 1.29 is 4.79 Å². The van der Waals surface area contributed by atoms with Gasteiger partial charge in [0.05, 0.1) is 17.9 Å². The molecule has 0 aromatic carbocycles. The first-order chi connectivity index (χ1) is 12.4. The van der Waals surface area contributed by atoms with E-state index >= 15 is 0 Å². The third-order valence-electron chi connectivity index (χ3n) is 5.74. The number of aromatic amines is 1. The summed E-state index contributed by atoms with van der Waals surface area (Å²) < 4.78 is 3.65. The number of amides is 1. The third-order valence-corrected chi connectivity index (χ3v) is 5.74. The zero-order valence-electron chi connectivity index (χ0n) is 15.7. The Morgan fingerprint density at radius 2 is 1.92 bits per heavy atom. The van der Waals surface area contributed by atoms with Gasteiger partial charge in [-0.05, 0) is 39.9 Å². The number of carbonyl (C=O) groups is 1. The Labute approximate surface area is 152 Å². The molecule has 0 radical (unpaired) electrons. The molecule has 8 nitrogen and oxygen atoms in total. The summed E-state index contributed by atoms with van der Waals surface area (Å²) in [4.78, 5) is 36.1. The molecule has 0 spiro atoms. The SMILES string of the molecule is Cc1nc(C2CCN(C)CC2)c2n1CCN(C(=O)c1cn(C)c(=O)[nH]1)C2. The van der Waals surface area contributed by atoms with Crippen molar-refractivity contribution in [1.82, 2.24) is 28.9 Å². The summed E-state index contributed by atoms with van der Waals surface area (Å²) in [7, 11) is 3.80. The number of aryl methyl sites for hydroxylation is 2. The lowest BCUT2D eigenvalue weighted by Crippen LogP contribution is -2.39. The van der Waals surface area contributed by atoms with E-state index in [4.69, 9.17) is 4.98 Å². The number of imidazole rings is 2. The van der Waals surface area contributed by atoms with Crippen molar-refractivity contribution >= 4 is 5.91 Å². The average molecular weight is 358 g/mol. The number of hydrogen-bond acceptors (Lipinski definition) is 4. The Kier molecular flexibility index (Phi) is 4.22. The smallest absolute Gasteiger partial charge is 0.325 e. The summed E-state index contributed by atoms with van der Waals surface area (Å²) in [6.45, 7) is 6.16. The number of hydrogen-bond donors (Lipinski definition) is 1. The first-order valence-electron chi connectivity index (χ1n) is 9.23. The van der Waals surface area contributed by atoms with Crippen molar-refractivity contribution in [3.05, 3.63) is 39.6 Å². The van der Waals surface area contributed by atoms with Crippen molar-refractivity contribution in [2.45, 2.75) is 38.8 Å². The maximum Gasteiger partial charge on any atom is 0.325 e. The molecule has 1 saturated heterocycles. The highest BCUT2D eigenvalue weighted by atomic mass is 16.2. The van der Waals surface area contributed by atoms with E-state index in [-0.39, 0.29) is 11.6 Å². The minimum absolute atomic E-state index is 0.123. The summed E-state index contributed by atoms with van der Waals surface area (Å²) in [6.07, 6.45) is 3.79. The standard InChI is InChI=1S/C18H26N6O2/c1-12-19-16(13-4-6-21(2)7-5-13)15-11-23(8-9-24(12)15)17(25)14-10-22(3)18(26)20-14/h10,13H,4-9,11H2,1-3H3,(H,20,26). The Bertz CT molecular complexity index is 884. The van der Waals surface area contributed by atoms with Crippen LogP contribution in [0.15, 0.2) is 11.0 Å². The lowest BCUT2D eigenvalue weighted by Gasteiger charge is -2.32. The molecule has 1 amide bonds. The fourth-order valence-corrected chi connectivity index (χ4v) is 4.13. The van der Waals surface area contributed by atoms with Gasteiger partial charge in [-0.2, -0.15) is 0 Å². The lowest BCUT2D eigenvalue weighted by atomic mass is 9.92. The molecule has 0 aliphatic carbocycles. The highest BCUT2D eigenvalue weighted by Gasteiger charge is 2.31. The van der Waals surface area contributed by atoms with Crippen LogP contribution in [0.2, 0.25) is 0 Å². The number of carbonyl (C=O) groups excluding carboxylic acids is 1. The molecule has 2 aromatic heterocycles. The summed E-state index contributed by atoms with van der Waals surface area (Å²) in [6, 6.07) is 0. The van der Waals surface area contributed by atoms with Crippen LogP contribution in [0.5, 0.6) is 0 Å². The van der Waals surface area contributed by atoms with Crippen molar-refractivity contribution in [2.75, 3.05) is 26.7 Å². The van der Waals surface area contributed by atoms with Crippen LogP contribution in [0.4, 0.5) is 0 Å². The second-order valence-corrected chi connectivity index (χ2v) is 7.53. The number of aromatic nitrogens is 4. The summed E-state index contributed by atoms with van der Waals surface area (Å²) in [5.41, 5.74) is 2.41. The minimum atomic E-state index is -0.265. The highest BCUT2D eigenvalue weighted by molar-refractivity contribution is 5.92. The first-order valence-corrected chi connectivity index (χ1v) is 9.23. The molecule has 0 saturated carbocycles. The first kappa shape index (κ1) is 17.1. The largest absolute Gasteiger partial charge is 0.330 e. The van der Waals surface area contributed by atoms with Gasteiger partial charge < -0.3 is 23.9 Å². The van der Waals surface area contributed by atoms with Crippen LogP contribution in [0, 0.1) is 6.92 Å². The monoisotopic (exact) mass is 358 g/mol. The minimum Gasteiger partial charge on any atom is -0.330 e. The molecular formula is C18H26N6O2. The number of piperidine rings is 1. The van der Waals surface area contributed by atoms with Gasteiger partial charge in [-0.3, -0.25) is 4.79 Å². The fraction of sp³-hybridized carbons (Fsp3) is 0.611. The van der Waals surface area contributed by atoms with Crippen LogP contribution < -0.4 is 5.69 Å². The van der Waals surface area contributed by atoms with Gasteiger partial charge in [-0.25, -0.2) is 9.78 Å². The zero-order chi connectivity index (χ0) is 18.4. The maximum absolute atomic E-state index is 12.8. The molecule has 0 bridgehead atoms. The number of nitrogens with one attached hydrogen (secondary N) is 1. The fourth-order valence-electron chi connectivity index (χ4n) is 4.13. The number of fused-ring (bicyclic) bond motifs is 1. The average Bonchev–Trinajstić information content (AvgIpc) is 3.14. The van der Waals surface area contributed by atoms with Crippen molar-refractivity contribution in [2.24, 2.45) is 7.05 Å². The predicted molar refractivity (Wildman–Crippen MR) is 97.2 cm³/mol. The van der Waals surface area contributed by atoms with Gasteiger partial charge in [0, 0.05) is 32.3 Å². The molecule has 2 aliphatic heterocycles. The van der Waals surface area contributed by atoms with E-state index in [0.717, 1.165) is 49.7 Å². The van der Waals surface area contributed by atoms with Crippen LogP contribution in [0.3, 0.4) is 0 Å². The van der Waals surface area contributed by atoms with Crippen LogP contribution in [0.25, 0.3) is 0 Å².